The second-order valence-corrected chi connectivity index (χ2v) is 7.95. The van der Waals surface area contributed by atoms with Crippen LogP contribution in [0, 0.1) is 5.82 Å². The number of hydrogen-bond acceptors (Lipinski definition) is 3. The molecule has 160 valence electrons. The number of guanidine groups is 1. The number of hydrogen-bond donors (Lipinski definition) is 2. The lowest BCUT2D eigenvalue weighted by atomic mass is 9.85. The van der Waals surface area contributed by atoms with Crippen LogP contribution in [0.2, 0.25) is 0 Å². The normalized spacial score (nSPS) is 16.7. The van der Waals surface area contributed by atoms with Gasteiger partial charge in [0.2, 0.25) is 0 Å². The van der Waals surface area contributed by atoms with Crippen LogP contribution in [0.3, 0.4) is 0 Å². The highest BCUT2D eigenvalue weighted by Gasteiger charge is 2.24. The summed E-state index contributed by atoms with van der Waals surface area (Å²) in [4.78, 5) is 9.37. The van der Waals surface area contributed by atoms with Gasteiger partial charge in [0, 0.05) is 30.8 Å². The van der Waals surface area contributed by atoms with Gasteiger partial charge in [-0.05, 0) is 31.0 Å². The fraction of sp³-hybridized carbons (Fsp3) is 0.571. The van der Waals surface area contributed by atoms with E-state index in [1.54, 1.807) is 12.1 Å². The van der Waals surface area contributed by atoms with Crippen molar-refractivity contribution < 1.29 is 4.39 Å². The summed E-state index contributed by atoms with van der Waals surface area (Å²) in [6.07, 6.45) is 2.77. The zero-order valence-corrected chi connectivity index (χ0v) is 20.0. The Bertz CT molecular complexity index is 832. The van der Waals surface area contributed by atoms with Gasteiger partial charge in [0.1, 0.15) is 11.6 Å². The zero-order valence-electron chi connectivity index (χ0n) is 17.7. The first-order chi connectivity index (χ1) is 13.4. The molecule has 6 nitrogen and oxygen atoms in total. The van der Waals surface area contributed by atoms with Crippen molar-refractivity contribution in [2.24, 2.45) is 4.99 Å². The molecule has 3 rings (SSSR count). The molecule has 0 radical (unpaired) electrons. The average Bonchev–Trinajstić information content (AvgIpc) is 3.09. The topological polar surface area (TPSA) is 67.1 Å². The summed E-state index contributed by atoms with van der Waals surface area (Å²) in [5, 5.41) is 11.4. The first kappa shape index (κ1) is 23.6. The number of halogens is 2. The van der Waals surface area contributed by atoms with Crippen LogP contribution >= 0.6 is 24.0 Å². The molecule has 8 heteroatoms. The Morgan fingerprint density at radius 2 is 2.14 bits per heavy atom. The standard InChI is InChI=1S/C21H31FN6.HI/c1-5-18-26-19-11-10-17(13-28(19)27-18)25-20(23-6-2)24-14-21(3,4)15-8-7-9-16(22)12-15;/h7-9,12,17H,5-6,10-11,13-14H2,1-4H3,(H2,23,24,25);1H. The highest BCUT2D eigenvalue weighted by Crippen LogP contribution is 2.24. The second-order valence-electron chi connectivity index (χ2n) is 7.95. The molecule has 1 aromatic carbocycles. The van der Waals surface area contributed by atoms with Crippen LogP contribution in [-0.2, 0) is 24.8 Å². The van der Waals surface area contributed by atoms with Crippen molar-refractivity contribution in [3.05, 3.63) is 47.3 Å². The number of nitrogens with one attached hydrogen (secondary N) is 2. The Labute approximate surface area is 189 Å². The van der Waals surface area contributed by atoms with Crippen molar-refractivity contribution >= 4 is 29.9 Å². The number of nitrogens with zero attached hydrogens (tertiary/aromatic N) is 4. The third kappa shape index (κ3) is 6.13. The van der Waals surface area contributed by atoms with Crippen molar-refractivity contribution in [1.82, 2.24) is 25.4 Å². The highest BCUT2D eigenvalue weighted by atomic mass is 127. The van der Waals surface area contributed by atoms with Gasteiger partial charge in [-0.1, -0.05) is 32.9 Å². The van der Waals surface area contributed by atoms with E-state index in [0.717, 1.165) is 55.5 Å². The zero-order chi connectivity index (χ0) is 20.1. The van der Waals surface area contributed by atoms with Gasteiger partial charge in [-0.3, -0.25) is 4.99 Å². The van der Waals surface area contributed by atoms with E-state index in [2.05, 4.69) is 48.4 Å². The van der Waals surface area contributed by atoms with Gasteiger partial charge in [0.25, 0.3) is 0 Å². The lowest BCUT2D eigenvalue weighted by molar-refractivity contribution is 0.391. The molecule has 1 aromatic heterocycles. The first-order valence-electron chi connectivity index (χ1n) is 10.1. The molecular formula is C21H32FIN6. The maximum Gasteiger partial charge on any atom is 0.191 e. The van der Waals surface area contributed by atoms with Crippen molar-refractivity contribution in [2.75, 3.05) is 13.1 Å². The summed E-state index contributed by atoms with van der Waals surface area (Å²) in [6, 6.07) is 7.03. The van der Waals surface area contributed by atoms with Crippen molar-refractivity contribution in [3.63, 3.8) is 0 Å². The molecule has 0 amide bonds. The third-order valence-corrected chi connectivity index (χ3v) is 5.14. The number of aryl methyl sites for hydroxylation is 2. The second kappa shape index (κ2) is 10.4. The van der Waals surface area contributed by atoms with Crippen molar-refractivity contribution in [3.8, 4) is 0 Å². The molecule has 1 unspecified atom stereocenters. The van der Waals surface area contributed by atoms with Crippen molar-refractivity contribution in [2.45, 2.75) is 65.0 Å². The largest absolute Gasteiger partial charge is 0.357 e. The van der Waals surface area contributed by atoms with Crippen LogP contribution in [0.15, 0.2) is 29.3 Å². The highest BCUT2D eigenvalue weighted by molar-refractivity contribution is 14.0. The van der Waals surface area contributed by atoms with Gasteiger partial charge >= 0.3 is 0 Å². The van der Waals surface area contributed by atoms with Gasteiger partial charge < -0.3 is 10.6 Å². The molecule has 2 N–H and O–H groups in total. The summed E-state index contributed by atoms with van der Waals surface area (Å²) in [7, 11) is 0. The number of aromatic nitrogens is 3. The van der Waals surface area contributed by atoms with E-state index < -0.39 is 0 Å². The van der Waals surface area contributed by atoms with Crippen molar-refractivity contribution in [1.29, 1.82) is 0 Å². The lowest BCUT2D eigenvalue weighted by Gasteiger charge is -2.27. The van der Waals surface area contributed by atoms with Crippen LogP contribution in [0.4, 0.5) is 4.39 Å². The molecule has 0 saturated carbocycles. The quantitative estimate of drug-likeness (QED) is 0.352. The molecule has 1 atom stereocenters. The molecule has 0 aliphatic carbocycles. The number of aliphatic imine (C=N–C) groups is 1. The van der Waals surface area contributed by atoms with Crippen LogP contribution in [0.1, 0.15) is 51.3 Å². The Morgan fingerprint density at radius 3 is 2.83 bits per heavy atom. The molecule has 2 heterocycles. The molecule has 1 aliphatic heterocycles. The van der Waals surface area contributed by atoms with Crippen LogP contribution in [-0.4, -0.2) is 39.9 Å². The first-order valence-corrected chi connectivity index (χ1v) is 10.1. The number of fused-ring (bicyclic) bond motifs is 1. The summed E-state index contributed by atoms with van der Waals surface area (Å²) >= 11 is 0. The number of benzene rings is 1. The van der Waals surface area contributed by atoms with Crippen LogP contribution in [0.25, 0.3) is 0 Å². The van der Waals surface area contributed by atoms with Gasteiger partial charge in [-0.2, -0.15) is 5.10 Å². The van der Waals surface area contributed by atoms with E-state index in [0.29, 0.717) is 6.54 Å². The predicted molar refractivity (Wildman–Crippen MR) is 125 cm³/mol. The van der Waals surface area contributed by atoms with E-state index in [-0.39, 0.29) is 41.3 Å². The minimum atomic E-state index is -0.258. The SMILES string of the molecule is CCNC(=NCC(C)(C)c1cccc(F)c1)NC1CCc2nc(CC)nn2C1.I. The minimum Gasteiger partial charge on any atom is -0.357 e. The molecule has 2 aromatic rings. The number of rotatable bonds is 6. The summed E-state index contributed by atoms with van der Waals surface area (Å²) in [5.74, 6) is 2.56. The molecule has 1 aliphatic rings. The molecule has 0 fully saturated rings. The molecule has 29 heavy (non-hydrogen) atoms. The summed E-state index contributed by atoms with van der Waals surface area (Å²) in [5.41, 5.74) is 0.690. The average molecular weight is 514 g/mol. The van der Waals surface area contributed by atoms with E-state index >= 15 is 0 Å². The predicted octanol–water partition coefficient (Wildman–Crippen LogP) is 3.45. The van der Waals surface area contributed by atoms with E-state index in [9.17, 15) is 4.39 Å². The van der Waals surface area contributed by atoms with Gasteiger partial charge in [0.05, 0.1) is 13.1 Å². The van der Waals surface area contributed by atoms with Crippen LogP contribution < -0.4 is 10.6 Å². The summed E-state index contributed by atoms with van der Waals surface area (Å²) < 4.78 is 15.6. The molecule has 0 saturated heterocycles. The monoisotopic (exact) mass is 514 g/mol. The molecule has 0 spiro atoms. The Balaban J connectivity index is 0.00000300. The van der Waals surface area contributed by atoms with Gasteiger partial charge in [-0.25, -0.2) is 14.1 Å². The van der Waals surface area contributed by atoms with Crippen LogP contribution in [0.5, 0.6) is 0 Å². The van der Waals surface area contributed by atoms with E-state index in [1.165, 1.54) is 6.07 Å². The maximum atomic E-state index is 13.6. The smallest absolute Gasteiger partial charge is 0.191 e. The van der Waals surface area contributed by atoms with E-state index in [4.69, 9.17) is 4.99 Å². The van der Waals surface area contributed by atoms with Gasteiger partial charge in [0.15, 0.2) is 11.8 Å². The van der Waals surface area contributed by atoms with E-state index in [1.807, 2.05) is 10.7 Å². The Kier molecular flexibility index (Phi) is 8.42. The van der Waals surface area contributed by atoms with Gasteiger partial charge in [-0.15, -0.1) is 24.0 Å². The minimum absolute atomic E-state index is 0. The third-order valence-electron chi connectivity index (χ3n) is 5.14. The summed E-state index contributed by atoms with van der Waals surface area (Å²) in [6.45, 7) is 10.4. The fourth-order valence-corrected chi connectivity index (χ4v) is 3.42. The Morgan fingerprint density at radius 1 is 1.34 bits per heavy atom. The lowest BCUT2D eigenvalue weighted by Crippen LogP contribution is -2.47. The maximum absolute atomic E-state index is 13.6. The molecular weight excluding hydrogens is 482 g/mol. The Hall–Kier alpha value is -1.71. The molecule has 0 bridgehead atoms. The fourth-order valence-electron chi connectivity index (χ4n) is 3.42.